The molecule has 2 aromatic rings. The summed E-state index contributed by atoms with van der Waals surface area (Å²) in [5.41, 5.74) is 1.61. The van der Waals surface area contributed by atoms with Crippen molar-refractivity contribution < 1.29 is 9.59 Å². The molecule has 1 aliphatic heterocycles. The number of fused-ring (bicyclic) bond motifs is 1. The highest BCUT2D eigenvalue weighted by Crippen LogP contribution is 2.35. The van der Waals surface area contributed by atoms with Crippen molar-refractivity contribution in [3.63, 3.8) is 0 Å². The molecule has 0 saturated carbocycles. The predicted molar refractivity (Wildman–Crippen MR) is 77.9 cm³/mol. The van der Waals surface area contributed by atoms with Gasteiger partial charge >= 0.3 is 0 Å². The van der Waals surface area contributed by atoms with Gasteiger partial charge in [0.05, 0.1) is 5.92 Å². The molecule has 0 bridgehead atoms. The van der Waals surface area contributed by atoms with E-state index in [4.69, 9.17) is 0 Å². The summed E-state index contributed by atoms with van der Waals surface area (Å²) >= 11 is 0. The molecular weight excluding hydrogens is 268 g/mol. The molecule has 0 aliphatic carbocycles. The van der Waals surface area contributed by atoms with E-state index in [1.165, 1.54) is 0 Å². The zero-order valence-corrected chi connectivity index (χ0v) is 11.5. The highest BCUT2D eigenvalue weighted by molar-refractivity contribution is 6.05. The molecule has 1 N–H and O–H groups in total. The van der Waals surface area contributed by atoms with Crippen molar-refractivity contribution >= 4 is 23.5 Å². The van der Waals surface area contributed by atoms with Gasteiger partial charge in [0.1, 0.15) is 0 Å². The first-order chi connectivity index (χ1) is 10.2. The first-order valence-corrected chi connectivity index (χ1v) is 6.60. The van der Waals surface area contributed by atoms with Crippen LogP contribution in [-0.4, -0.2) is 28.8 Å². The molecule has 0 spiro atoms. The Kier molecular flexibility index (Phi) is 3.35. The van der Waals surface area contributed by atoms with Crippen LogP contribution in [0.5, 0.6) is 0 Å². The van der Waals surface area contributed by atoms with Crippen LogP contribution in [0.15, 0.2) is 42.7 Å². The number of para-hydroxylation sites is 1. The Morgan fingerprint density at radius 1 is 1.24 bits per heavy atom. The summed E-state index contributed by atoms with van der Waals surface area (Å²) in [6, 6.07) is 9.09. The average Bonchev–Trinajstić information content (AvgIpc) is 2.52. The molecule has 0 radical (unpaired) electrons. The van der Waals surface area contributed by atoms with Crippen molar-refractivity contribution in [1.29, 1.82) is 0 Å². The monoisotopic (exact) mass is 282 g/mol. The molecule has 1 aliphatic rings. The zero-order chi connectivity index (χ0) is 14.8. The van der Waals surface area contributed by atoms with Crippen LogP contribution in [0.25, 0.3) is 0 Å². The lowest BCUT2D eigenvalue weighted by Gasteiger charge is -2.30. The van der Waals surface area contributed by atoms with Gasteiger partial charge in [0.25, 0.3) is 0 Å². The molecule has 6 heteroatoms. The second kappa shape index (κ2) is 5.32. The topological polar surface area (TPSA) is 75.2 Å². The largest absolute Gasteiger partial charge is 0.315 e. The fourth-order valence-electron chi connectivity index (χ4n) is 2.44. The number of nitrogens with zero attached hydrogens (tertiary/aromatic N) is 3. The molecule has 3 rings (SSSR count). The van der Waals surface area contributed by atoms with E-state index < -0.39 is 5.92 Å². The summed E-state index contributed by atoms with van der Waals surface area (Å²) in [6.07, 6.45) is 3.25. The van der Waals surface area contributed by atoms with Gasteiger partial charge in [-0.1, -0.05) is 18.2 Å². The van der Waals surface area contributed by atoms with E-state index in [1.807, 2.05) is 24.3 Å². The Morgan fingerprint density at radius 3 is 2.71 bits per heavy atom. The number of hydrogen-bond donors (Lipinski definition) is 1. The first kappa shape index (κ1) is 13.2. The molecule has 2 heterocycles. The fraction of sp³-hybridized carbons (Fsp3) is 0.200. The van der Waals surface area contributed by atoms with Gasteiger partial charge < -0.3 is 4.90 Å². The molecule has 1 unspecified atom stereocenters. The van der Waals surface area contributed by atoms with Gasteiger partial charge in [-0.3, -0.25) is 14.9 Å². The maximum atomic E-state index is 12.4. The van der Waals surface area contributed by atoms with Crippen LogP contribution in [0.1, 0.15) is 17.9 Å². The lowest BCUT2D eigenvalue weighted by atomic mass is 9.89. The third-order valence-corrected chi connectivity index (χ3v) is 3.54. The quantitative estimate of drug-likeness (QED) is 0.907. The number of aromatic nitrogens is 2. The van der Waals surface area contributed by atoms with Crippen LogP contribution in [0.3, 0.4) is 0 Å². The molecule has 21 heavy (non-hydrogen) atoms. The van der Waals surface area contributed by atoms with Crippen LogP contribution in [0.2, 0.25) is 0 Å². The van der Waals surface area contributed by atoms with E-state index in [0.29, 0.717) is 0 Å². The van der Waals surface area contributed by atoms with Gasteiger partial charge in [-0.2, -0.15) is 0 Å². The van der Waals surface area contributed by atoms with E-state index in [-0.39, 0.29) is 24.2 Å². The minimum absolute atomic E-state index is 0.0807. The smallest absolute Gasteiger partial charge is 0.234 e. The van der Waals surface area contributed by atoms with Crippen LogP contribution >= 0.6 is 0 Å². The van der Waals surface area contributed by atoms with Crippen LogP contribution in [0, 0.1) is 0 Å². The Bertz CT molecular complexity index is 687. The first-order valence-electron chi connectivity index (χ1n) is 6.60. The molecule has 1 atom stereocenters. The number of rotatable bonds is 2. The normalized spacial score (nSPS) is 17.3. The molecule has 6 nitrogen and oxygen atoms in total. The number of nitrogens with one attached hydrogen (secondary N) is 1. The third kappa shape index (κ3) is 2.47. The van der Waals surface area contributed by atoms with Crippen LogP contribution in [-0.2, 0) is 9.59 Å². The summed E-state index contributed by atoms with van der Waals surface area (Å²) in [5.74, 6) is -0.627. The SMILES string of the molecule is CN1C(=O)CC(C(=O)Nc2ncccn2)c2ccccc21. The lowest BCUT2D eigenvalue weighted by Crippen LogP contribution is -2.37. The van der Waals surface area contributed by atoms with Crippen molar-refractivity contribution in [2.24, 2.45) is 0 Å². The minimum Gasteiger partial charge on any atom is -0.315 e. The molecule has 1 aromatic heterocycles. The Hall–Kier alpha value is -2.76. The Morgan fingerprint density at radius 2 is 1.95 bits per heavy atom. The summed E-state index contributed by atoms with van der Waals surface area (Å²) in [7, 11) is 1.72. The summed E-state index contributed by atoms with van der Waals surface area (Å²) in [5, 5.41) is 2.66. The molecule has 1 aromatic carbocycles. The predicted octanol–water partition coefficient (Wildman–Crippen LogP) is 1.57. The van der Waals surface area contributed by atoms with Crippen molar-refractivity contribution in [2.45, 2.75) is 12.3 Å². The zero-order valence-electron chi connectivity index (χ0n) is 11.5. The lowest BCUT2D eigenvalue weighted by molar-refractivity contribution is -0.124. The van der Waals surface area contributed by atoms with E-state index in [0.717, 1.165) is 11.3 Å². The molecular formula is C15H14N4O2. The summed E-state index contributed by atoms with van der Waals surface area (Å²) in [6.45, 7) is 0. The van der Waals surface area contributed by atoms with Crippen molar-refractivity contribution in [1.82, 2.24) is 9.97 Å². The number of carbonyl (C=O) groups excluding carboxylic acids is 2. The average molecular weight is 282 g/mol. The van der Waals surface area contributed by atoms with E-state index in [2.05, 4.69) is 15.3 Å². The minimum atomic E-state index is -0.520. The molecule has 0 saturated heterocycles. The maximum absolute atomic E-state index is 12.4. The number of anilines is 2. The second-order valence-corrected chi connectivity index (χ2v) is 4.83. The van der Waals surface area contributed by atoms with Gasteiger partial charge in [0, 0.05) is 31.5 Å². The second-order valence-electron chi connectivity index (χ2n) is 4.83. The fourth-order valence-corrected chi connectivity index (χ4v) is 2.44. The maximum Gasteiger partial charge on any atom is 0.234 e. The van der Waals surface area contributed by atoms with Gasteiger partial charge in [-0.05, 0) is 17.7 Å². The van der Waals surface area contributed by atoms with Crippen LogP contribution in [0.4, 0.5) is 11.6 Å². The number of hydrogen-bond acceptors (Lipinski definition) is 4. The Balaban J connectivity index is 1.90. The van der Waals surface area contributed by atoms with Crippen molar-refractivity contribution in [3.8, 4) is 0 Å². The van der Waals surface area contributed by atoms with E-state index in [1.54, 1.807) is 30.4 Å². The number of amides is 2. The number of carbonyl (C=O) groups is 2. The molecule has 0 fully saturated rings. The van der Waals surface area contributed by atoms with Gasteiger partial charge in [-0.15, -0.1) is 0 Å². The van der Waals surface area contributed by atoms with E-state index in [9.17, 15) is 9.59 Å². The standard InChI is InChI=1S/C15H14N4O2/c1-19-12-6-3-2-5-10(12)11(9-13(19)20)14(21)18-15-16-7-4-8-17-15/h2-8,11H,9H2,1H3,(H,16,17,18,21). The number of benzene rings is 1. The van der Waals surface area contributed by atoms with Gasteiger partial charge in [-0.25, -0.2) is 9.97 Å². The Labute approximate surface area is 121 Å². The van der Waals surface area contributed by atoms with Crippen LogP contribution < -0.4 is 10.2 Å². The highest BCUT2D eigenvalue weighted by atomic mass is 16.2. The highest BCUT2D eigenvalue weighted by Gasteiger charge is 2.33. The van der Waals surface area contributed by atoms with Crippen molar-refractivity contribution in [3.05, 3.63) is 48.3 Å². The van der Waals surface area contributed by atoms with Gasteiger partial charge in [0.15, 0.2) is 0 Å². The third-order valence-electron chi connectivity index (χ3n) is 3.54. The summed E-state index contributed by atoms with van der Waals surface area (Å²) in [4.78, 5) is 34.0. The summed E-state index contributed by atoms with van der Waals surface area (Å²) < 4.78 is 0. The van der Waals surface area contributed by atoms with Gasteiger partial charge in [0.2, 0.25) is 17.8 Å². The molecule has 2 amide bonds. The molecule has 106 valence electrons. The van der Waals surface area contributed by atoms with E-state index >= 15 is 0 Å². The van der Waals surface area contributed by atoms with Crippen molar-refractivity contribution in [2.75, 3.05) is 17.3 Å².